The summed E-state index contributed by atoms with van der Waals surface area (Å²) in [5, 5.41) is 4.82. The van der Waals surface area contributed by atoms with Gasteiger partial charge in [-0.1, -0.05) is 48.0 Å². The smallest absolute Gasteiger partial charge is 0.267 e. The fraction of sp³-hybridized carbons (Fsp3) is 0.0435. The van der Waals surface area contributed by atoms with Crippen molar-refractivity contribution in [1.82, 2.24) is 9.78 Å². The van der Waals surface area contributed by atoms with Crippen molar-refractivity contribution in [3.63, 3.8) is 0 Å². The van der Waals surface area contributed by atoms with Crippen molar-refractivity contribution in [2.75, 3.05) is 0 Å². The molecule has 0 aliphatic heterocycles. The molecule has 3 aromatic carbocycles. The maximum Gasteiger partial charge on any atom is 0.279 e. The minimum absolute atomic E-state index is 0.0515. The number of thiol groups is 1. The molecule has 0 saturated carbocycles. The quantitative estimate of drug-likeness (QED) is 0.452. The fourth-order valence-electron chi connectivity index (χ4n) is 3.27. The van der Waals surface area contributed by atoms with Gasteiger partial charge in [0.05, 0.1) is 23.2 Å². The highest BCUT2D eigenvalue weighted by Gasteiger charge is 2.16. The average Bonchev–Trinajstić information content (AvgIpc) is 2.75. The van der Waals surface area contributed by atoms with Gasteiger partial charge in [-0.15, -0.1) is 0 Å². The Balaban J connectivity index is 1.90. The normalized spacial score (nSPS) is 11.1. The molecular weight excluding hydrogens is 439 g/mol. The van der Waals surface area contributed by atoms with E-state index in [0.717, 1.165) is 0 Å². The molecule has 0 atom stereocenters. The van der Waals surface area contributed by atoms with Crippen LogP contribution >= 0.6 is 11.6 Å². The first-order chi connectivity index (χ1) is 14.9. The van der Waals surface area contributed by atoms with Crippen LogP contribution in [0.4, 0.5) is 4.39 Å². The monoisotopic (exact) mass is 454 g/mol. The van der Waals surface area contributed by atoms with Gasteiger partial charge in [0.1, 0.15) is 16.5 Å². The van der Waals surface area contributed by atoms with Crippen LogP contribution in [-0.4, -0.2) is 18.2 Å². The predicted molar refractivity (Wildman–Crippen MR) is 120 cm³/mol. The topological polar surface area (TPSA) is 69.0 Å². The lowest BCUT2D eigenvalue weighted by Gasteiger charge is -2.13. The van der Waals surface area contributed by atoms with Crippen molar-refractivity contribution in [3.05, 3.63) is 106 Å². The summed E-state index contributed by atoms with van der Waals surface area (Å²) in [5.41, 5.74) is 3.06. The molecule has 1 aromatic heterocycles. The first kappa shape index (κ1) is 21.0. The number of rotatable bonds is 5. The summed E-state index contributed by atoms with van der Waals surface area (Å²) in [6, 6.07) is 19.3. The van der Waals surface area contributed by atoms with Crippen molar-refractivity contribution in [2.45, 2.75) is 5.75 Å². The van der Waals surface area contributed by atoms with Gasteiger partial charge in [-0.25, -0.2) is 12.8 Å². The van der Waals surface area contributed by atoms with Gasteiger partial charge in [0, 0.05) is 10.6 Å². The first-order valence-electron chi connectivity index (χ1n) is 9.28. The maximum atomic E-state index is 13.4. The molecule has 31 heavy (non-hydrogen) atoms. The molecule has 0 N–H and O–H groups in total. The first-order valence-corrected chi connectivity index (χ1v) is 11.0. The second kappa shape index (κ2) is 8.83. The van der Waals surface area contributed by atoms with E-state index in [-0.39, 0.29) is 11.3 Å². The van der Waals surface area contributed by atoms with Crippen molar-refractivity contribution in [3.8, 4) is 27.9 Å². The Kier molecular flexibility index (Phi) is 5.97. The van der Waals surface area contributed by atoms with E-state index in [4.69, 9.17) is 11.6 Å². The van der Waals surface area contributed by atoms with Crippen LogP contribution in [0.5, 0.6) is 0 Å². The maximum absolute atomic E-state index is 13.4. The summed E-state index contributed by atoms with van der Waals surface area (Å²) < 4.78 is 36.5. The molecule has 8 heteroatoms. The molecule has 0 fully saturated rings. The molecule has 0 unspecified atom stereocenters. The molecule has 0 amide bonds. The van der Waals surface area contributed by atoms with Crippen molar-refractivity contribution in [2.24, 2.45) is 0 Å². The Morgan fingerprint density at radius 3 is 2.10 bits per heavy atom. The van der Waals surface area contributed by atoms with E-state index in [1.165, 1.54) is 28.9 Å². The number of nitrogens with zero attached hydrogens (tertiary/aromatic N) is 2. The standard InChI is InChI=1S/C23H16ClFN2O3S/c24-18-7-5-17(6-8-18)22-21(16-3-1-15(2-4-16)14-31(29)30)13-26-27(23(22)28)20-11-9-19(25)10-12-20/h1-13,31H,14H2. The lowest BCUT2D eigenvalue weighted by molar-refractivity contribution is 0.614. The van der Waals surface area contributed by atoms with E-state index in [0.29, 0.717) is 38.5 Å². The van der Waals surface area contributed by atoms with E-state index in [2.05, 4.69) is 5.10 Å². The third-order valence-corrected chi connectivity index (χ3v) is 5.63. The Morgan fingerprint density at radius 2 is 1.48 bits per heavy atom. The van der Waals surface area contributed by atoms with Crippen molar-refractivity contribution in [1.29, 1.82) is 0 Å². The highest BCUT2D eigenvalue weighted by molar-refractivity contribution is 7.71. The minimum atomic E-state index is -2.53. The average molecular weight is 455 g/mol. The van der Waals surface area contributed by atoms with Gasteiger partial charge in [0.2, 0.25) is 0 Å². The van der Waals surface area contributed by atoms with E-state index < -0.39 is 16.5 Å². The van der Waals surface area contributed by atoms with Gasteiger partial charge in [-0.05, 0) is 53.1 Å². The van der Waals surface area contributed by atoms with Crippen molar-refractivity contribution >= 4 is 22.3 Å². The van der Waals surface area contributed by atoms with E-state index in [1.807, 2.05) is 0 Å². The van der Waals surface area contributed by atoms with Crippen LogP contribution < -0.4 is 5.56 Å². The van der Waals surface area contributed by atoms with Crippen LogP contribution in [0.2, 0.25) is 5.02 Å². The summed E-state index contributed by atoms with van der Waals surface area (Å²) >= 11 is 6.02. The summed E-state index contributed by atoms with van der Waals surface area (Å²) in [5.74, 6) is -0.462. The molecule has 0 spiro atoms. The molecule has 0 aliphatic carbocycles. The number of aromatic nitrogens is 2. The van der Waals surface area contributed by atoms with Crippen LogP contribution in [-0.2, 0) is 16.5 Å². The van der Waals surface area contributed by atoms with Crippen LogP contribution in [0, 0.1) is 5.82 Å². The SMILES string of the molecule is O=c1c(-c2ccc(Cl)cc2)c(-c2ccc(C[SH](=O)=O)cc2)cnn1-c1ccc(F)cc1. The van der Waals surface area contributed by atoms with Gasteiger partial charge in [-0.2, -0.15) is 9.78 Å². The summed E-state index contributed by atoms with van der Waals surface area (Å²) in [4.78, 5) is 13.4. The van der Waals surface area contributed by atoms with Crippen LogP contribution in [0.3, 0.4) is 0 Å². The zero-order valence-corrected chi connectivity index (χ0v) is 17.7. The Hall–Kier alpha value is -3.29. The third-order valence-electron chi connectivity index (χ3n) is 4.76. The van der Waals surface area contributed by atoms with Gasteiger partial charge < -0.3 is 0 Å². The van der Waals surface area contributed by atoms with Gasteiger partial charge in [0.25, 0.3) is 5.56 Å². The number of hydrogen-bond donors (Lipinski definition) is 1. The van der Waals surface area contributed by atoms with Crippen LogP contribution in [0.25, 0.3) is 27.9 Å². The zero-order valence-electron chi connectivity index (χ0n) is 16.0. The minimum Gasteiger partial charge on any atom is -0.267 e. The zero-order chi connectivity index (χ0) is 22.0. The Morgan fingerprint density at radius 1 is 0.871 bits per heavy atom. The molecule has 0 saturated heterocycles. The molecular formula is C23H16ClFN2O3S. The summed E-state index contributed by atoms with van der Waals surface area (Å²) in [7, 11) is -2.53. The number of halogens is 2. The van der Waals surface area contributed by atoms with E-state index >= 15 is 0 Å². The van der Waals surface area contributed by atoms with Gasteiger partial charge in [-0.3, -0.25) is 4.79 Å². The summed E-state index contributed by atoms with van der Waals surface area (Å²) in [6.07, 6.45) is 1.57. The third kappa shape index (κ3) is 4.57. The summed E-state index contributed by atoms with van der Waals surface area (Å²) in [6.45, 7) is 0. The van der Waals surface area contributed by atoms with Gasteiger partial charge >= 0.3 is 0 Å². The lowest BCUT2D eigenvalue weighted by Crippen LogP contribution is -2.23. The lowest BCUT2D eigenvalue weighted by atomic mass is 9.96. The molecule has 0 radical (unpaired) electrons. The number of hydrogen-bond acceptors (Lipinski definition) is 4. The second-order valence-electron chi connectivity index (χ2n) is 6.82. The molecule has 0 bridgehead atoms. The fourth-order valence-corrected chi connectivity index (χ4v) is 3.91. The largest absolute Gasteiger partial charge is 0.279 e. The molecule has 5 nitrogen and oxygen atoms in total. The Bertz CT molecular complexity index is 1360. The molecule has 0 aliphatic rings. The Labute approximate surface area is 184 Å². The van der Waals surface area contributed by atoms with E-state index in [9.17, 15) is 17.6 Å². The van der Waals surface area contributed by atoms with Crippen LogP contribution in [0.1, 0.15) is 5.56 Å². The molecule has 156 valence electrons. The van der Waals surface area contributed by atoms with Crippen LogP contribution in [0.15, 0.2) is 83.8 Å². The molecule has 4 aromatic rings. The van der Waals surface area contributed by atoms with Crippen molar-refractivity contribution < 1.29 is 12.8 Å². The number of benzene rings is 3. The van der Waals surface area contributed by atoms with Gasteiger partial charge in [0.15, 0.2) is 0 Å². The molecule has 1 heterocycles. The molecule has 4 rings (SSSR count). The second-order valence-corrected chi connectivity index (χ2v) is 8.24. The van der Waals surface area contributed by atoms with E-state index in [1.54, 1.807) is 54.7 Å². The highest BCUT2D eigenvalue weighted by atomic mass is 35.5. The highest BCUT2D eigenvalue weighted by Crippen LogP contribution is 2.30. The predicted octanol–water partition coefficient (Wildman–Crippen LogP) is 4.47.